The molecule has 24 heavy (non-hydrogen) atoms. The summed E-state index contributed by atoms with van der Waals surface area (Å²) in [5, 5.41) is 15.8. The average Bonchev–Trinajstić information content (AvgIpc) is 3.10. The molecule has 0 unspecified atom stereocenters. The molecule has 2 heterocycles. The van der Waals surface area contributed by atoms with E-state index in [-0.39, 0.29) is 6.61 Å². The molecule has 1 aliphatic heterocycles. The van der Waals surface area contributed by atoms with E-state index in [1.165, 1.54) is 44.9 Å². The van der Waals surface area contributed by atoms with Gasteiger partial charge in [-0.1, -0.05) is 32.1 Å². The van der Waals surface area contributed by atoms with Crippen LogP contribution in [0.1, 0.15) is 63.0 Å². The summed E-state index contributed by atoms with van der Waals surface area (Å²) in [7, 11) is 0. The van der Waals surface area contributed by atoms with Crippen molar-refractivity contribution in [3.63, 3.8) is 0 Å². The largest absolute Gasteiger partial charge is 0.395 e. The molecule has 2 fully saturated rings. The Morgan fingerprint density at radius 2 is 1.88 bits per heavy atom. The molecule has 1 aliphatic carbocycles. The highest BCUT2D eigenvalue weighted by Crippen LogP contribution is 2.27. The van der Waals surface area contributed by atoms with Gasteiger partial charge in [0.1, 0.15) is 5.82 Å². The number of rotatable bonds is 6. The van der Waals surface area contributed by atoms with Crippen LogP contribution in [-0.4, -0.2) is 47.5 Å². The normalized spacial score (nSPS) is 22.8. The van der Waals surface area contributed by atoms with Gasteiger partial charge in [-0.15, -0.1) is 0 Å². The van der Waals surface area contributed by atoms with Crippen LogP contribution in [0.5, 0.6) is 0 Å². The van der Waals surface area contributed by atoms with Gasteiger partial charge in [0.15, 0.2) is 0 Å². The second-order valence-corrected chi connectivity index (χ2v) is 6.90. The number of hydrogen-bond donors (Lipinski definition) is 3. The molecule has 0 aromatic carbocycles. The predicted molar refractivity (Wildman–Crippen MR) is 95.5 cm³/mol. The number of nitrogens with zero attached hydrogens (tertiary/aromatic N) is 2. The Kier molecular flexibility index (Phi) is 6.66. The van der Waals surface area contributed by atoms with Crippen LogP contribution in [-0.2, 0) is 4.74 Å². The second kappa shape index (κ2) is 9.18. The molecule has 1 saturated carbocycles. The zero-order chi connectivity index (χ0) is 16.6. The van der Waals surface area contributed by atoms with Crippen LogP contribution in [0.3, 0.4) is 0 Å². The van der Waals surface area contributed by atoms with Gasteiger partial charge < -0.3 is 20.5 Å². The summed E-state index contributed by atoms with van der Waals surface area (Å²) in [5.41, 5.74) is 1.04. The van der Waals surface area contributed by atoms with Crippen LogP contribution in [0.15, 0.2) is 6.07 Å². The third-order valence-electron chi connectivity index (χ3n) is 4.95. The van der Waals surface area contributed by atoms with Crippen molar-refractivity contribution in [1.29, 1.82) is 0 Å². The van der Waals surface area contributed by atoms with Gasteiger partial charge in [-0.3, -0.25) is 0 Å². The van der Waals surface area contributed by atoms with Gasteiger partial charge in [0, 0.05) is 31.2 Å². The van der Waals surface area contributed by atoms with Gasteiger partial charge in [0.2, 0.25) is 5.95 Å². The summed E-state index contributed by atoms with van der Waals surface area (Å²) >= 11 is 0. The van der Waals surface area contributed by atoms with E-state index in [0.717, 1.165) is 31.1 Å². The van der Waals surface area contributed by atoms with Crippen molar-refractivity contribution in [2.75, 3.05) is 37.0 Å². The number of aromatic nitrogens is 2. The Hall–Kier alpha value is -1.40. The van der Waals surface area contributed by atoms with Gasteiger partial charge >= 0.3 is 0 Å². The molecule has 0 spiro atoms. The molecule has 3 rings (SSSR count). The predicted octanol–water partition coefficient (Wildman–Crippen LogP) is 2.91. The lowest BCUT2D eigenvalue weighted by atomic mass is 9.96. The van der Waals surface area contributed by atoms with E-state index in [1.54, 1.807) is 0 Å². The molecule has 3 N–H and O–H groups in total. The molecule has 1 saturated heterocycles. The molecular weight excluding hydrogens is 304 g/mol. The van der Waals surface area contributed by atoms with Crippen molar-refractivity contribution in [2.45, 2.75) is 63.3 Å². The van der Waals surface area contributed by atoms with E-state index in [0.29, 0.717) is 24.5 Å². The molecule has 2 aliphatic rings. The summed E-state index contributed by atoms with van der Waals surface area (Å²) < 4.78 is 5.51. The minimum atomic E-state index is 0.0749. The van der Waals surface area contributed by atoms with Gasteiger partial charge in [-0.25, -0.2) is 4.98 Å². The van der Waals surface area contributed by atoms with Crippen molar-refractivity contribution < 1.29 is 9.84 Å². The van der Waals surface area contributed by atoms with Gasteiger partial charge in [-0.2, -0.15) is 4.98 Å². The van der Waals surface area contributed by atoms with Gasteiger partial charge in [-0.05, 0) is 19.3 Å². The maximum Gasteiger partial charge on any atom is 0.224 e. The number of anilines is 2. The third-order valence-corrected chi connectivity index (χ3v) is 4.95. The molecule has 0 radical (unpaired) electrons. The van der Waals surface area contributed by atoms with E-state index in [1.807, 2.05) is 0 Å². The molecular formula is C18H30N4O2. The van der Waals surface area contributed by atoms with Crippen LogP contribution in [0, 0.1) is 0 Å². The number of hydrogen-bond acceptors (Lipinski definition) is 6. The summed E-state index contributed by atoms with van der Waals surface area (Å²) in [6.07, 6.45) is 10.1. The third kappa shape index (κ3) is 5.05. The summed E-state index contributed by atoms with van der Waals surface area (Å²) in [6, 6.07) is 2.58. The first-order valence-electron chi connectivity index (χ1n) is 9.43. The Labute approximate surface area is 144 Å². The Morgan fingerprint density at radius 1 is 1.08 bits per heavy atom. The highest BCUT2D eigenvalue weighted by atomic mass is 16.5. The maximum atomic E-state index is 9.04. The molecule has 0 amide bonds. The molecule has 1 aromatic heterocycles. The smallest absolute Gasteiger partial charge is 0.224 e. The first-order valence-corrected chi connectivity index (χ1v) is 9.43. The minimum Gasteiger partial charge on any atom is -0.395 e. The maximum absolute atomic E-state index is 9.04. The van der Waals surface area contributed by atoms with Crippen molar-refractivity contribution in [2.24, 2.45) is 0 Å². The van der Waals surface area contributed by atoms with E-state index >= 15 is 0 Å². The highest BCUT2D eigenvalue weighted by Gasteiger charge is 2.21. The van der Waals surface area contributed by atoms with Gasteiger partial charge in [0.05, 0.1) is 18.9 Å². The molecule has 6 heteroatoms. The van der Waals surface area contributed by atoms with Crippen molar-refractivity contribution in [3.8, 4) is 0 Å². The summed E-state index contributed by atoms with van der Waals surface area (Å²) in [4.78, 5) is 9.23. The fourth-order valence-corrected chi connectivity index (χ4v) is 3.57. The fourth-order valence-electron chi connectivity index (χ4n) is 3.57. The quantitative estimate of drug-likeness (QED) is 0.742. The SMILES string of the molecule is OCCNc1nc(NC2CCCCCCC2)cc([C@@H]2CCOC2)n1. The van der Waals surface area contributed by atoms with E-state index < -0.39 is 0 Å². The van der Waals surface area contributed by atoms with E-state index in [9.17, 15) is 0 Å². The number of ether oxygens (including phenoxy) is 1. The first kappa shape index (κ1) is 17.4. The number of aliphatic hydroxyl groups is 1. The summed E-state index contributed by atoms with van der Waals surface area (Å²) in [6.45, 7) is 2.08. The number of aliphatic hydroxyl groups excluding tert-OH is 1. The number of nitrogens with one attached hydrogen (secondary N) is 2. The molecule has 134 valence electrons. The zero-order valence-electron chi connectivity index (χ0n) is 14.5. The zero-order valence-corrected chi connectivity index (χ0v) is 14.5. The minimum absolute atomic E-state index is 0.0749. The lowest BCUT2D eigenvalue weighted by Crippen LogP contribution is -2.22. The van der Waals surface area contributed by atoms with Crippen LogP contribution in [0.4, 0.5) is 11.8 Å². The monoisotopic (exact) mass is 334 g/mol. The summed E-state index contributed by atoms with van der Waals surface area (Å²) in [5.74, 6) is 1.85. The lowest BCUT2D eigenvalue weighted by Gasteiger charge is -2.22. The average molecular weight is 334 g/mol. The van der Waals surface area contributed by atoms with Crippen molar-refractivity contribution in [1.82, 2.24) is 9.97 Å². The molecule has 1 aromatic rings. The Balaban J connectivity index is 1.72. The Morgan fingerprint density at radius 3 is 2.58 bits per heavy atom. The second-order valence-electron chi connectivity index (χ2n) is 6.90. The van der Waals surface area contributed by atoms with Crippen LogP contribution in [0.2, 0.25) is 0 Å². The molecule has 0 bridgehead atoms. The van der Waals surface area contributed by atoms with E-state index in [4.69, 9.17) is 9.84 Å². The van der Waals surface area contributed by atoms with Crippen LogP contribution < -0.4 is 10.6 Å². The standard InChI is InChI=1S/C18H30N4O2/c23-10-9-19-18-21-16(14-8-11-24-13-14)12-17(22-18)20-15-6-4-2-1-3-5-7-15/h12,14-15,23H,1-11,13H2,(H2,19,20,21,22)/t14-/m1/s1. The fraction of sp³-hybridized carbons (Fsp3) is 0.778. The first-order chi connectivity index (χ1) is 11.8. The van der Waals surface area contributed by atoms with Crippen LogP contribution >= 0.6 is 0 Å². The van der Waals surface area contributed by atoms with Crippen molar-refractivity contribution in [3.05, 3.63) is 11.8 Å². The van der Waals surface area contributed by atoms with Crippen molar-refractivity contribution >= 4 is 11.8 Å². The Bertz CT molecular complexity index is 498. The highest BCUT2D eigenvalue weighted by molar-refractivity contribution is 5.44. The van der Waals surface area contributed by atoms with Crippen LogP contribution in [0.25, 0.3) is 0 Å². The van der Waals surface area contributed by atoms with E-state index in [2.05, 4.69) is 26.7 Å². The lowest BCUT2D eigenvalue weighted by molar-refractivity contribution is 0.193. The topological polar surface area (TPSA) is 79.3 Å². The molecule has 1 atom stereocenters. The molecule has 6 nitrogen and oxygen atoms in total. The van der Waals surface area contributed by atoms with Gasteiger partial charge in [0.25, 0.3) is 0 Å².